The Bertz CT molecular complexity index is 963. The zero-order chi connectivity index (χ0) is 26.8. The highest BCUT2D eigenvalue weighted by molar-refractivity contribution is 6.05. The molecule has 0 bridgehead atoms. The third kappa shape index (κ3) is 8.11. The van der Waals surface area contributed by atoms with Crippen LogP contribution in [0, 0.1) is 17.8 Å². The largest absolute Gasteiger partial charge is 0.394 e. The number of hydroxylamine groups is 1. The zero-order valence-corrected chi connectivity index (χ0v) is 21.2. The van der Waals surface area contributed by atoms with E-state index in [1.54, 1.807) is 0 Å². The molecule has 0 radical (unpaired) electrons. The molecule has 1 aromatic rings. The Labute approximate surface area is 216 Å². The lowest BCUT2D eigenvalue weighted by atomic mass is 9.82. The maximum atomic E-state index is 13.4. The standard InChI is InChI=1S/C26H36N4O7/c1-17(2)15-20(23(32)28-30-25(34)21(16-31)27-26(30)35)19(12-8-11-18-9-4-3-5-10-18)24(33)29-37-22-13-6-7-14-36-22/h3-5,8-11,17,19-22,31H,6-7,12-16H2,1-2H3,(H,27,35)(H,28,32)(H,29,33)/t19-,20?,21-,22?/m0/s1. The van der Waals surface area contributed by atoms with E-state index < -0.39 is 54.5 Å². The lowest BCUT2D eigenvalue weighted by Gasteiger charge is -2.28. The number of nitrogens with one attached hydrogen (secondary N) is 3. The van der Waals surface area contributed by atoms with E-state index in [1.807, 2.05) is 56.3 Å². The van der Waals surface area contributed by atoms with E-state index in [1.165, 1.54) is 0 Å². The van der Waals surface area contributed by atoms with Crippen molar-refractivity contribution in [1.82, 2.24) is 21.2 Å². The predicted octanol–water partition coefficient (Wildman–Crippen LogP) is 1.89. The average Bonchev–Trinajstić information content (AvgIpc) is 3.17. The van der Waals surface area contributed by atoms with Crippen LogP contribution in [0.1, 0.15) is 51.5 Å². The fourth-order valence-electron chi connectivity index (χ4n) is 4.29. The van der Waals surface area contributed by atoms with Crippen LogP contribution in [0.25, 0.3) is 6.08 Å². The number of nitrogens with zero attached hydrogens (tertiary/aromatic N) is 1. The molecule has 2 aliphatic heterocycles. The second kappa shape index (κ2) is 13.9. The van der Waals surface area contributed by atoms with Gasteiger partial charge in [0.25, 0.3) is 5.91 Å². The molecule has 2 heterocycles. The van der Waals surface area contributed by atoms with Crippen molar-refractivity contribution in [1.29, 1.82) is 0 Å². The highest BCUT2D eigenvalue weighted by Crippen LogP contribution is 2.26. The van der Waals surface area contributed by atoms with Gasteiger partial charge < -0.3 is 15.2 Å². The van der Waals surface area contributed by atoms with Crippen LogP contribution in [0.15, 0.2) is 36.4 Å². The molecule has 11 nitrogen and oxygen atoms in total. The summed E-state index contributed by atoms with van der Waals surface area (Å²) in [6.07, 6.45) is 6.13. The SMILES string of the molecule is CC(C)CC(C(=O)NN1C(=O)N[C@@H](CO)C1=O)[C@H](CC=Cc1ccccc1)C(=O)NOC1CCCCO1. The summed E-state index contributed by atoms with van der Waals surface area (Å²) >= 11 is 0. The molecular weight excluding hydrogens is 480 g/mol. The Morgan fingerprint density at radius 3 is 2.57 bits per heavy atom. The van der Waals surface area contributed by atoms with E-state index in [0.29, 0.717) is 24.5 Å². The number of ether oxygens (including phenoxy) is 1. The molecule has 2 saturated heterocycles. The Hall–Kier alpha value is -3.28. The van der Waals surface area contributed by atoms with Crippen molar-refractivity contribution in [3.8, 4) is 0 Å². The number of hydrogen-bond donors (Lipinski definition) is 4. The Morgan fingerprint density at radius 1 is 1.19 bits per heavy atom. The van der Waals surface area contributed by atoms with Gasteiger partial charge in [0.2, 0.25) is 11.8 Å². The molecule has 4 atom stereocenters. The van der Waals surface area contributed by atoms with Gasteiger partial charge >= 0.3 is 6.03 Å². The van der Waals surface area contributed by atoms with Crippen molar-refractivity contribution in [3.05, 3.63) is 42.0 Å². The molecule has 0 spiro atoms. The van der Waals surface area contributed by atoms with Gasteiger partial charge in [-0.2, -0.15) is 5.01 Å². The van der Waals surface area contributed by atoms with Crippen molar-refractivity contribution < 1.29 is 33.9 Å². The number of rotatable bonds is 12. The van der Waals surface area contributed by atoms with Crippen LogP contribution in [0.5, 0.6) is 0 Å². The average molecular weight is 517 g/mol. The topological polar surface area (TPSA) is 146 Å². The Morgan fingerprint density at radius 2 is 1.95 bits per heavy atom. The minimum Gasteiger partial charge on any atom is -0.394 e. The van der Waals surface area contributed by atoms with E-state index in [4.69, 9.17) is 9.57 Å². The third-order valence-corrected chi connectivity index (χ3v) is 6.24. The van der Waals surface area contributed by atoms with E-state index in [-0.39, 0.29) is 12.3 Å². The van der Waals surface area contributed by atoms with Crippen LogP contribution >= 0.6 is 0 Å². The molecule has 0 saturated carbocycles. The highest BCUT2D eigenvalue weighted by atomic mass is 16.8. The predicted molar refractivity (Wildman–Crippen MR) is 134 cm³/mol. The van der Waals surface area contributed by atoms with Crippen LogP contribution < -0.4 is 16.2 Å². The second-order valence-corrected chi connectivity index (χ2v) is 9.61. The summed E-state index contributed by atoms with van der Waals surface area (Å²) in [4.78, 5) is 56.8. The van der Waals surface area contributed by atoms with Gasteiger partial charge in [-0.25, -0.2) is 15.1 Å². The molecule has 3 rings (SSSR count). The van der Waals surface area contributed by atoms with E-state index in [0.717, 1.165) is 18.4 Å². The number of allylic oxidation sites excluding steroid dienone is 1. The number of imide groups is 1. The maximum absolute atomic E-state index is 13.4. The summed E-state index contributed by atoms with van der Waals surface area (Å²) in [5.41, 5.74) is 5.75. The minimum atomic E-state index is -1.13. The van der Waals surface area contributed by atoms with E-state index in [2.05, 4.69) is 16.2 Å². The van der Waals surface area contributed by atoms with Gasteiger partial charge in [-0.15, -0.1) is 0 Å². The fraction of sp³-hybridized carbons (Fsp3) is 0.538. The molecule has 11 heteroatoms. The van der Waals surface area contributed by atoms with Gasteiger partial charge in [-0.3, -0.25) is 19.8 Å². The molecular formula is C26H36N4O7. The lowest BCUT2D eigenvalue weighted by Crippen LogP contribution is -2.52. The molecule has 0 aliphatic carbocycles. The van der Waals surface area contributed by atoms with Crippen molar-refractivity contribution in [2.75, 3.05) is 13.2 Å². The van der Waals surface area contributed by atoms with Crippen LogP contribution in [-0.4, -0.2) is 59.4 Å². The fourth-order valence-corrected chi connectivity index (χ4v) is 4.29. The van der Waals surface area contributed by atoms with Crippen LogP contribution in [0.3, 0.4) is 0 Å². The van der Waals surface area contributed by atoms with Gasteiger partial charge in [0.1, 0.15) is 6.04 Å². The molecule has 5 amide bonds. The quantitative estimate of drug-likeness (QED) is 0.245. The lowest BCUT2D eigenvalue weighted by molar-refractivity contribution is -0.203. The number of carbonyl (C=O) groups is 4. The van der Waals surface area contributed by atoms with Crippen molar-refractivity contribution >= 4 is 29.8 Å². The van der Waals surface area contributed by atoms with Crippen molar-refractivity contribution in [2.45, 2.75) is 58.3 Å². The molecule has 2 unspecified atom stereocenters. The summed E-state index contributed by atoms with van der Waals surface area (Å²) in [6.45, 7) is 3.78. The van der Waals surface area contributed by atoms with Crippen molar-refractivity contribution in [3.63, 3.8) is 0 Å². The zero-order valence-electron chi connectivity index (χ0n) is 21.2. The summed E-state index contributed by atoms with van der Waals surface area (Å²) in [7, 11) is 0. The summed E-state index contributed by atoms with van der Waals surface area (Å²) in [5, 5.41) is 12.1. The maximum Gasteiger partial charge on any atom is 0.344 e. The molecule has 1 aromatic carbocycles. The third-order valence-electron chi connectivity index (χ3n) is 6.24. The number of aliphatic hydroxyl groups is 1. The molecule has 2 fully saturated rings. The number of amides is 5. The first kappa shape index (κ1) is 28.3. The van der Waals surface area contributed by atoms with E-state index >= 15 is 0 Å². The number of urea groups is 1. The van der Waals surface area contributed by atoms with Gasteiger partial charge in [-0.05, 0) is 37.2 Å². The summed E-state index contributed by atoms with van der Waals surface area (Å²) < 4.78 is 5.51. The number of hydrogen-bond acceptors (Lipinski definition) is 7. The molecule has 202 valence electrons. The van der Waals surface area contributed by atoms with Crippen molar-refractivity contribution in [2.24, 2.45) is 17.8 Å². The number of benzene rings is 1. The van der Waals surface area contributed by atoms with Crippen LogP contribution in [0.4, 0.5) is 4.79 Å². The first-order chi connectivity index (χ1) is 17.8. The second-order valence-electron chi connectivity index (χ2n) is 9.61. The number of hydrazine groups is 1. The Kier molecular flexibility index (Phi) is 10.6. The van der Waals surface area contributed by atoms with Crippen LogP contribution in [0.2, 0.25) is 0 Å². The molecule has 37 heavy (non-hydrogen) atoms. The number of carbonyl (C=O) groups excluding carboxylic acids is 4. The first-order valence-electron chi connectivity index (χ1n) is 12.6. The highest BCUT2D eigenvalue weighted by Gasteiger charge is 2.41. The number of aliphatic hydroxyl groups excluding tert-OH is 1. The van der Waals surface area contributed by atoms with Gasteiger partial charge in [0.05, 0.1) is 18.4 Å². The molecule has 0 aromatic heterocycles. The first-order valence-corrected chi connectivity index (χ1v) is 12.6. The summed E-state index contributed by atoms with van der Waals surface area (Å²) in [5.74, 6) is -3.64. The molecule has 4 N–H and O–H groups in total. The minimum absolute atomic E-state index is 0.0278. The smallest absolute Gasteiger partial charge is 0.344 e. The van der Waals surface area contributed by atoms with Gasteiger partial charge in [-0.1, -0.05) is 56.3 Å². The summed E-state index contributed by atoms with van der Waals surface area (Å²) in [6, 6.07) is 7.56. The van der Waals surface area contributed by atoms with E-state index in [9.17, 15) is 24.3 Å². The molecule has 2 aliphatic rings. The monoisotopic (exact) mass is 516 g/mol. The van der Waals surface area contributed by atoms with Gasteiger partial charge in [0, 0.05) is 13.0 Å². The Balaban J connectivity index is 1.78. The van der Waals surface area contributed by atoms with Gasteiger partial charge in [0.15, 0.2) is 6.29 Å². The van der Waals surface area contributed by atoms with Crippen LogP contribution in [-0.2, 0) is 24.0 Å². The normalized spacial score (nSPS) is 21.7.